The molecular weight excluding hydrogens is 1110 g/mol. The van der Waals surface area contributed by atoms with Crippen LogP contribution in [0.25, 0.3) is 172 Å². The summed E-state index contributed by atoms with van der Waals surface area (Å²) < 4.78 is 0. The van der Waals surface area contributed by atoms with E-state index in [1.807, 2.05) is 0 Å². The van der Waals surface area contributed by atoms with Crippen LogP contribution in [-0.2, 0) is 11.8 Å². The molecule has 0 N–H and O–H groups in total. The fourth-order valence-corrected chi connectivity index (χ4v) is 16.9. The maximum absolute atomic E-state index is 2.52. The van der Waals surface area contributed by atoms with Crippen LogP contribution >= 0.6 is 0 Å². The van der Waals surface area contributed by atoms with Gasteiger partial charge in [0.05, 0.1) is 0 Å². The van der Waals surface area contributed by atoms with E-state index in [0.29, 0.717) is 0 Å². The minimum atomic E-state index is -0.304. The van der Waals surface area contributed by atoms with Gasteiger partial charge in [-0.05, 0) is 225 Å². The Morgan fingerprint density at radius 3 is 0.554 bits per heavy atom. The quantitative estimate of drug-likeness (QED) is 0.154. The topological polar surface area (TPSA) is 0 Å². The van der Waals surface area contributed by atoms with Crippen LogP contribution in [-0.4, -0.2) is 0 Å². The Hall–Kier alpha value is -11.4. The summed E-state index contributed by atoms with van der Waals surface area (Å²) in [5.74, 6) is 0. The molecule has 20 rings (SSSR count). The smallest absolute Gasteiger partial charge is 0.0159 e. The van der Waals surface area contributed by atoms with E-state index in [1.165, 1.54) is 195 Å². The fourth-order valence-electron chi connectivity index (χ4n) is 16.9. The van der Waals surface area contributed by atoms with Crippen LogP contribution in [0.5, 0.6) is 0 Å². The maximum atomic E-state index is 2.52. The van der Waals surface area contributed by atoms with E-state index in [-0.39, 0.29) is 5.41 Å². The molecule has 0 saturated heterocycles. The first-order valence-electron chi connectivity index (χ1n) is 32.4. The lowest BCUT2D eigenvalue weighted by Gasteiger charge is -2.31. The minimum absolute atomic E-state index is 0.304. The Balaban J connectivity index is 0.000000132. The van der Waals surface area contributed by atoms with Gasteiger partial charge in [0.15, 0.2) is 0 Å². The molecule has 0 nitrogen and oxygen atoms in total. The minimum Gasteiger partial charge on any atom is -0.0616 e. The third kappa shape index (κ3) is 7.65. The van der Waals surface area contributed by atoms with Gasteiger partial charge >= 0.3 is 0 Å². The zero-order valence-corrected chi connectivity index (χ0v) is 51.2. The molecule has 0 heteroatoms. The number of hydrogen-bond acceptors (Lipinski definition) is 0. The van der Waals surface area contributed by atoms with Crippen molar-refractivity contribution < 1.29 is 0 Å². The average Bonchev–Trinajstić information content (AvgIpc) is 0.727. The largest absolute Gasteiger partial charge is 0.0616 e. The number of rotatable bonds is 4. The van der Waals surface area contributed by atoms with E-state index in [4.69, 9.17) is 0 Å². The number of benzene rings is 20. The molecule has 0 amide bonds. The predicted molar refractivity (Wildman–Crippen MR) is 401 cm³/mol. The van der Waals surface area contributed by atoms with Gasteiger partial charge in [-0.3, -0.25) is 0 Å². The van der Waals surface area contributed by atoms with Gasteiger partial charge in [0.25, 0.3) is 0 Å². The zero-order chi connectivity index (χ0) is 60.8. The molecule has 0 saturated carbocycles. The highest BCUT2D eigenvalue weighted by molar-refractivity contribution is 6.36. The van der Waals surface area contributed by atoms with Gasteiger partial charge in [0.2, 0.25) is 0 Å². The monoisotopic (exact) mass is 1160 g/mol. The summed E-state index contributed by atoms with van der Waals surface area (Å²) in [5, 5.41) is 42.3. The van der Waals surface area contributed by atoms with Crippen molar-refractivity contribution in [2.75, 3.05) is 0 Å². The van der Waals surface area contributed by atoms with Crippen molar-refractivity contribution in [3.63, 3.8) is 0 Å². The molecule has 0 aliphatic rings. The van der Waals surface area contributed by atoms with Crippen LogP contribution in [0.4, 0.5) is 0 Å². The van der Waals surface area contributed by atoms with E-state index in [0.717, 1.165) is 6.42 Å². The molecule has 0 unspecified atom stereocenters. The van der Waals surface area contributed by atoms with E-state index in [1.54, 1.807) is 0 Å². The van der Waals surface area contributed by atoms with E-state index >= 15 is 0 Å². The van der Waals surface area contributed by atoms with Crippen molar-refractivity contribution in [1.82, 2.24) is 0 Å². The third-order valence-electron chi connectivity index (χ3n) is 20.9. The number of hydrogen-bond donors (Lipinski definition) is 0. The zero-order valence-electron chi connectivity index (χ0n) is 51.2. The highest BCUT2D eigenvalue weighted by Gasteiger charge is 2.30. The molecule has 0 aliphatic heterocycles. The molecule has 92 heavy (non-hydrogen) atoms. The standard InChI is InChI=1S/C47H32.C45H28/c1-47(2,43-27-41-33-19-5-3-15-29(33)31-17-7-11-23-37(31)45(41)39-25-13-9-21-35(39)43)44-28-42-34-20-6-4-16-30(34)32-18-8-12-24-38(32)46(42)40-26-14-10-22-36(40)44;1-9-21-38-30(13-1)28(26-42-36-19-5-3-15-32(36)34-17-7-11-23-40(34)44(38)42)25-29-27-43-37-20-6-4-16-33(37)35-18-8-12-24-41(35)45(43)39-22-10-2-14-31(29)39/h3-28H,1-2H3;1-24,26-27H,25H2. The van der Waals surface area contributed by atoms with E-state index < -0.39 is 0 Å². The van der Waals surface area contributed by atoms with Gasteiger partial charge in [-0.2, -0.15) is 0 Å². The first-order chi connectivity index (χ1) is 45.5. The van der Waals surface area contributed by atoms with Crippen LogP contribution in [0.15, 0.2) is 315 Å². The summed E-state index contributed by atoms with van der Waals surface area (Å²) in [5.41, 5.74) is 5.15. The van der Waals surface area contributed by atoms with Crippen LogP contribution < -0.4 is 0 Å². The lowest BCUT2D eigenvalue weighted by Crippen LogP contribution is -2.20. The summed E-state index contributed by atoms with van der Waals surface area (Å²) in [6.45, 7) is 4.86. The van der Waals surface area contributed by atoms with Crippen LogP contribution in [0, 0.1) is 0 Å². The van der Waals surface area contributed by atoms with Crippen LogP contribution in [0.1, 0.15) is 36.1 Å². The van der Waals surface area contributed by atoms with Crippen molar-refractivity contribution in [2.24, 2.45) is 0 Å². The van der Waals surface area contributed by atoms with Crippen LogP contribution in [0.3, 0.4) is 0 Å². The normalized spacial score (nSPS) is 12.3. The molecule has 428 valence electrons. The second-order valence-corrected chi connectivity index (χ2v) is 26.0. The number of fused-ring (bicyclic) bond motifs is 32. The third-order valence-corrected chi connectivity index (χ3v) is 20.9. The molecule has 0 fully saturated rings. The molecule has 0 radical (unpaired) electrons. The lowest BCUT2D eigenvalue weighted by molar-refractivity contribution is 0.655. The van der Waals surface area contributed by atoms with Crippen LogP contribution in [0.2, 0.25) is 0 Å². The molecule has 0 bridgehead atoms. The Labute approximate surface area is 532 Å². The van der Waals surface area contributed by atoms with E-state index in [2.05, 4.69) is 329 Å². The Bertz CT molecular complexity index is 6160. The summed E-state index contributed by atoms with van der Waals surface area (Å²) in [6.07, 6.45) is 0.856. The summed E-state index contributed by atoms with van der Waals surface area (Å²) in [4.78, 5) is 0. The second-order valence-electron chi connectivity index (χ2n) is 26.0. The first kappa shape index (κ1) is 52.5. The SMILES string of the molecule is CC(C)(c1cc2c3ccccc3c3ccccc3c2c2ccccc12)c1cc2c3ccccc3c3ccccc3c2c2ccccc12.c1ccc2c(c1)c(Cc1cc3c4ccccc4c4ccccc4c3c3ccccc13)cc1c3ccccc3c3ccccc3c21. The van der Waals surface area contributed by atoms with Crippen molar-refractivity contribution in [3.05, 3.63) is 338 Å². The van der Waals surface area contributed by atoms with Crippen molar-refractivity contribution in [2.45, 2.75) is 25.7 Å². The molecule has 0 spiro atoms. The highest BCUT2D eigenvalue weighted by Crippen LogP contribution is 2.50. The lowest BCUT2D eigenvalue weighted by atomic mass is 9.72. The molecule has 0 aromatic heterocycles. The Morgan fingerprint density at radius 1 is 0.163 bits per heavy atom. The highest BCUT2D eigenvalue weighted by atomic mass is 14.3. The summed E-state index contributed by atoms with van der Waals surface area (Å²) >= 11 is 0. The fraction of sp³-hybridized carbons (Fsp3) is 0.0435. The molecule has 0 heterocycles. The van der Waals surface area contributed by atoms with Gasteiger partial charge in [0.1, 0.15) is 0 Å². The van der Waals surface area contributed by atoms with Gasteiger partial charge in [-0.25, -0.2) is 0 Å². The molecule has 20 aromatic carbocycles. The van der Waals surface area contributed by atoms with Gasteiger partial charge in [-0.1, -0.05) is 305 Å². The van der Waals surface area contributed by atoms with E-state index in [9.17, 15) is 0 Å². The predicted octanol–water partition coefficient (Wildman–Crippen LogP) is 25.7. The first-order valence-corrected chi connectivity index (χ1v) is 32.4. The summed E-state index contributed by atoms with van der Waals surface area (Å²) in [6, 6.07) is 118. The van der Waals surface area contributed by atoms with Crippen molar-refractivity contribution in [3.8, 4) is 0 Å². The van der Waals surface area contributed by atoms with Gasteiger partial charge in [0, 0.05) is 5.41 Å². The van der Waals surface area contributed by atoms with Gasteiger partial charge < -0.3 is 0 Å². The second kappa shape index (κ2) is 20.3. The van der Waals surface area contributed by atoms with Crippen molar-refractivity contribution >= 4 is 172 Å². The average molecular weight is 1170 g/mol. The van der Waals surface area contributed by atoms with Gasteiger partial charge in [-0.15, -0.1) is 0 Å². The Morgan fingerprint density at radius 2 is 0.315 bits per heavy atom. The maximum Gasteiger partial charge on any atom is 0.0159 e. The molecule has 0 aliphatic carbocycles. The molecule has 20 aromatic rings. The van der Waals surface area contributed by atoms with Crippen molar-refractivity contribution in [1.29, 1.82) is 0 Å². The molecule has 0 atom stereocenters. The molecular formula is C92H60. The summed E-state index contributed by atoms with van der Waals surface area (Å²) in [7, 11) is 0. The Kier molecular flexibility index (Phi) is 11.6.